The maximum atomic E-state index is 12.9. The van der Waals surface area contributed by atoms with Crippen LogP contribution in [0.4, 0.5) is 10.8 Å². The molecule has 1 N–H and O–H groups in total. The lowest BCUT2D eigenvalue weighted by Crippen LogP contribution is -2.35. The molecule has 1 aromatic heterocycles. The molecule has 6 rings (SSSR count). The number of fused-ring (bicyclic) bond motifs is 4. The van der Waals surface area contributed by atoms with Gasteiger partial charge >= 0.3 is 0 Å². The Labute approximate surface area is 200 Å². The van der Waals surface area contributed by atoms with E-state index in [9.17, 15) is 13.2 Å². The van der Waals surface area contributed by atoms with Crippen molar-refractivity contribution in [3.63, 3.8) is 0 Å². The van der Waals surface area contributed by atoms with Crippen LogP contribution in [0.2, 0.25) is 0 Å². The molecule has 0 fully saturated rings. The summed E-state index contributed by atoms with van der Waals surface area (Å²) in [4.78, 5) is 20.2. The number of amides is 1. The van der Waals surface area contributed by atoms with Crippen LogP contribution in [0.1, 0.15) is 34.3 Å². The summed E-state index contributed by atoms with van der Waals surface area (Å²) in [5, 5.41) is 5.86. The molecule has 168 valence electrons. The van der Waals surface area contributed by atoms with Crippen molar-refractivity contribution < 1.29 is 13.2 Å². The van der Waals surface area contributed by atoms with Crippen molar-refractivity contribution in [3.8, 4) is 11.3 Å². The van der Waals surface area contributed by atoms with Gasteiger partial charge in [0.1, 0.15) is 0 Å². The highest BCUT2D eigenvalue weighted by atomic mass is 32.2. The summed E-state index contributed by atoms with van der Waals surface area (Å²) in [5.74, 6) is -0.251. The van der Waals surface area contributed by atoms with Gasteiger partial charge in [0.05, 0.1) is 17.1 Å². The van der Waals surface area contributed by atoms with Gasteiger partial charge in [0.25, 0.3) is 15.9 Å². The third-order valence-corrected chi connectivity index (χ3v) is 9.17. The number of hydrogen-bond donors (Lipinski definition) is 1. The van der Waals surface area contributed by atoms with Crippen LogP contribution in [-0.2, 0) is 22.9 Å². The number of rotatable bonds is 3. The first-order chi connectivity index (χ1) is 15.9. The predicted octanol–water partition coefficient (Wildman–Crippen LogP) is 4.55. The average molecular weight is 497 g/mol. The van der Waals surface area contributed by atoms with Gasteiger partial charge in [0.2, 0.25) is 0 Å². The SMILES string of the molecule is O=C(Nc1nc(-c2ccc3c(c2)CCCC3)cs1)c1ccc2c(c1)SC1=NS(=O)(=O)CCN12. The predicted molar refractivity (Wildman–Crippen MR) is 133 cm³/mol. The zero-order chi connectivity index (χ0) is 22.6. The molecular formula is C23H20N4O3S3. The fraction of sp³-hybridized carbons (Fsp3) is 0.261. The number of carbonyl (C=O) groups is 1. The van der Waals surface area contributed by atoms with Crippen molar-refractivity contribution in [2.45, 2.75) is 30.6 Å². The number of benzene rings is 2. The summed E-state index contributed by atoms with van der Waals surface area (Å²) in [6.07, 6.45) is 4.75. The van der Waals surface area contributed by atoms with Gasteiger partial charge in [-0.25, -0.2) is 13.4 Å². The standard InChI is InChI=1S/C23H20N4O3S3/c28-21(17-7-8-19-20(12-17)32-23-26-33(29,30)10-9-27(19)23)25-22-24-18(13-31-22)16-6-5-14-3-1-2-4-15(14)11-16/h5-8,11-13H,1-4,9-10H2,(H,24,25,28). The Morgan fingerprint density at radius 3 is 2.79 bits per heavy atom. The fourth-order valence-corrected chi connectivity index (χ4v) is 7.41. The summed E-state index contributed by atoms with van der Waals surface area (Å²) in [6, 6.07) is 11.9. The first-order valence-electron chi connectivity index (χ1n) is 10.8. The van der Waals surface area contributed by atoms with E-state index >= 15 is 0 Å². The second kappa shape index (κ2) is 7.96. The van der Waals surface area contributed by atoms with E-state index in [-0.39, 0.29) is 11.7 Å². The smallest absolute Gasteiger partial charge is 0.257 e. The lowest BCUT2D eigenvalue weighted by molar-refractivity contribution is 0.102. The van der Waals surface area contributed by atoms with E-state index < -0.39 is 10.0 Å². The number of aryl methyl sites for hydroxylation is 2. The number of sulfonamides is 1. The number of carbonyl (C=O) groups excluding carboxylic acids is 1. The molecular weight excluding hydrogens is 476 g/mol. The van der Waals surface area contributed by atoms with Crippen molar-refractivity contribution in [2.75, 3.05) is 22.5 Å². The van der Waals surface area contributed by atoms with E-state index in [0.29, 0.717) is 22.4 Å². The number of hydrogen-bond acceptors (Lipinski definition) is 7. The topological polar surface area (TPSA) is 91.7 Å². The number of aromatic nitrogens is 1. The Morgan fingerprint density at radius 1 is 1.06 bits per heavy atom. The van der Waals surface area contributed by atoms with Crippen LogP contribution in [0.3, 0.4) is 0 Å². The lowest BCUT2D eigenvalue weighted by atomic mass is 9.90. The van der Waals surface area contributed by atoms with Gasteiger partial charge in [-0.3, -0.25) is 10.1 Å². The molecule has 33 heavy (non-hydrogen) atoms. The summed E-state index contributed by atoms with van der Waals surface area (Å²) in [7, 11) is -3.41. The monoisotopic (exact) mass is 496 g/mol. The molecule has 0 spiro atoms. The van der Waals surface area contributed by atoms with Gasteiger partial charge in [-0.15, -0.1) is 15.7 Å². The lowest BCUT2D eigenvalue weighted by Gasteiger charge is -2.22. The minimum Gasteiger partial charge on any atom is -0.318 e. The Hall–Kier alpha value is -2.69. The van der Waals surface area contributed by atoms with Gasteiger partial charge in [-0.05, 0) is 72.8 Å². The van der Waals surface area contributed by atoms with Crippen LogP contribution < -0.4 is 10.2 Å². The van der Waals surface area contributed by atoms with E-state index in [1.54, 1.807) is 12.1 Å². The highest BCUT2D eigenvalue weighted by Crippen LogP contribution is 2.42. The molecule has 0 saturated heterocycles. The van der Waals surface area contributed by atoms with Crippen molar-refractivity contribution in [1.29, 1.82) is 0 Å². The molecule has 0 saturated carbocycles. The van der Waals surface area contributed by atoms with Gasteiger partial charge < -0.3 is 4.90 Å². The summed E-state index contributed by atoms with van der Waals surface area (Å²) >= 11 is 2.68. The number of thiazole rings is 1. The maximum absolute atomic E-state index is 12.9. The molecule has 0 unspecified atom stereocenters. The molecule has 0 bridgehead atoms. The highest BCUT2D eigenvalue weighted by Gasteiger charge is 2.33. The van der Waals surface area contributed by atoms with Crippen LogP contribution in [0.15, 0.2) is 51.1 Å². The van der Waals surface area contributed by atoms with E-state index in [0.717, 1.165) is 34.7 Å². The Bertz CT molecular complexity index is 1430. The van der Waals surface area contributed by atoms with Crippen molar-refractivity contribution in [1.82, 2.24) is 4.98 Å². The van der Waals surface area contributed by atoms with Gasteiger partial charge in [-0.2, -0.15) is 0 Å². The van der Waals surface area contributed by atoms with Gasteiger partial charge in [0.15, 0.2) is 10.3 Å². The molecule has 10 heteroatoms. The summed E-state index contributed by atoms with van der Waals surface area (Å²) < 4.78 is 27.5. The number of anilines is 2. The van der Waals surface area contributed by atoms with E-state index in [2.05, 4.69) is 32.9 Å². The number of nitrogens with one attached hydrogen (secondary N) is 1. The van der Waals surface area contributed by atoms with Gasteiger partial charge in [0, 0.05) is 27.9 Å². The summed E-state index contributed by atoms with van der Waals surface area (Å²) in [6.45, 7) is 0.372. The molecule has 3 heterocycles. The molecule has 0 radical (unpaired) electrons. The minimum absolute atomic E-state index is 0.00462. The Balaban J connectivity index is 1.20. The number of thioether (sulfide) groups is 1. The van der Waals surface area contributed by atoms with Crippen LogP contribution in [0.25, 0.3) is 11.3 Å². The van der Waals surface area contributed by atoms with Crippen LogP contribution in [0.5, 0.6) is 0 Å². The first kappa shape index (κ1) is 20.9. The van der Waals surface area contributed by atoms with E-state index in [4.69, 9.17) is 0 Å². The molecule has 1 amide bonds. The molecule has 7 nitrogen and oxygen atoms in total. The largest absolute Gasteiger partial charge is 0.318 e. The maximum Gasteiger partial charge on any atom is 0.257 e. The molecule has 3 aromatic rings. The highest BCUT2D eigenvalue weighted by molar-refractivity contribution is 8.15. The Morgan fingerprint density at radius 2 is 1.91 bits per heavy atom. The fourth-order valence-electron chi connectivity index (χ4n) is 4.40. The second-order valence-corrected chi connectivity index (χ2v) is 11.9. The average Bonchev–Trinajstić information content (AvgIpc) is 3.41. The van der Waals surface area contributed by atoms with Crippen molar-refractivity contribution in [3.05, 3.63) is 58.5 Å². The molecule has 1 aliphatic carbocycles. The Kier molecular flexibility index (Phi) is 5.04. The van der Waals surface area contributed by atoms with E-state index in [1.165, 1.54) is 47.1 Å². The van der Waals surface area contributed by atoms with Crippen molar-refractivity contribution in [2.24, 2.45) is 4.40 Å². The van der Waals surface area contributed by atoms with Crippen LogP contribution >= 0.6 is 23.1 Å². The molecule has 2 aromatic carbocycles. The van der Waals surface area contributed by atoms with Gasteiger partial charge in [-0.1, -0.05) is 12.1 Å². The molecule has 2 aliphatic heterocycles. The first-order valence-corrected chi connectivity index (χ1v) is 14.1. The quantitative estimate of drug-likeness (QED) is 0.572. The molecule has 3 aliphatic rings. The minimum atomic E-state index is -3.41. The number of amidine groups is 1. The second-order valence-electron chi connectivity index (χ2n) is 8.28. The van der Waals surface area contributed by atoms with Crippen LogP contribution in [0, 0.1) is 0 Å². The molecule has 0 atom stereocenters. The number of nitrogens with zero attached hydrogens (tertiary/aromatic N) is 3. The third-order valence-electron chi connectivity index (χ3n) is 6.10. The third kappa shape index (κ3) is 3.96. The van der Waals surface area contributed by atoms with E-state index in [1.807, 2.05) is 16.3 Å². The zero-order valence-corrected chi connectivity index (χ0v) is 20.0. The van der Waals surface area contributed by atoms with Crippen LogP contribution in [-0.4, -0.2) is 36.8 Å². The zero-order valence-electron chi connectivity index (χ0n) is 17.6. The summed E-state index contributed by atoms with van der Waals surface area (Å²) in [5.41, 5.74) is 6.16. The van der Waals surface area contributed by atoms with Crippen molar-refractivity contribution >= 4 is 55.0 Å². The normalized spacial score (nSPS) is 18.2.